The Kier molecular flexibility index (Phi) is 6.61. The van der Waals surface area contributed by atoms with Gasteiger partial charge < -0.3 is 25.0 Å². The maximum Gasteiger partial charge on any atom is 0.337 e. The monoisotopic (exact) mass is 510 g/mol. The van der Waals surface area contributed by atoms with Crippen LogP contribution < -0.4 is 20.3 Å². The van der Waals surface area contributed by atoms with Gasteiger partial charge in [0.25, 0.3) is 5.91 Å². The normalized spacial score (nSPS) is 14.4. The molecule has 4 aromatic rings. The molecular weight excluding hydrogens is 488 g/mol. The van der Waals surface area contributed by atoms with Gasteiger partial charge in [0.1, 0.15) is 24.1 Å². The first-order chi connectivity index (χ1) is 18.4. The maximum absolute atomic E-state index is 13.0. The number of anilines is 2. The van der Waals surface area contributed by atoms with Crippen molar-refractivity contribution in [1.29, 1.82) is 0 Å². The molecule has 0 bridgehead atoms. The second-order valence-corrected chi connectivity index (χ2v) is 8.30. The number of hydrogen-bond acceptors (Lipinski definition) is 7. The number of carbonyl (C=O) groups is 3. The second kappa shape index (κ2) is 10.3. The van der Waals surface area contributed by atoms with Gasteiger partial charge in [-0.25, -0.2) is 19.1 Å². The molecule has 1 aliphatic heterocycles. The highest BCUT2D eigenvalue weighted by atomic mass is 16.5. The fraction of sp³-hybridized carbons (Fsp3) is 0.148. The van der Waals surface area contributed by atoms with E-state index in [1.807, 2.05) is 12.1 Å². The number of carbonyl (C=O) groups excluding carboxylic acids is 3. The fourth-order valence-corrected chi connectivity index (χ4v) is 3.90. The number of esters is 1. The van der Waals surface area contributed by atoms with E-state index in [0.29, 0.717) is 34.0 Å². The van der Waals surface area contributed by atoms with Gasteiger partial charge in [-0.15, -0.1) is 0 Å². The lowest BCUT2D eigenvalue weighted by molar-refractivity contribution is -0.120. The van der Waals surface area contributed by atoms with Gasteiger partial charge in [0.15, 0.2) is 5.65 Å². The van der Waals surface area contributed by atoms with Crippen LogP contribution in [-0.2, 0) is 9.53 Å². The number of benzene rings is 2. The molecule has 2 aromatic carbocycles. The largest absolute Gasteiger partial charge is 0.489 e. The van der Waals surface area contributed by atoms with E-state index in [-0.39, 0.29) is 18.1 Å². The molecule has 11 nitrogen and oxygen atoms in total. The highest BCUT2D eigenvalue weighted by Crippen LogP contribution is 2.31. The van der Waals surface area contributed by atoms with Crippen LogP contribution in [0.15, 0.2) is 67.0 Å². The summed E-state index contributed by atoms with van der Waals surface area (Å²) < 4.78 is 12.1. The van der Waals surface area contributed by atoms with Gasteiger partial charge in [-0.3, -0.25) is 4.79 Å². The number of likely N-dealkylation sites (N-methyl/N-ethyl adjacent to an activating group) is 1. The number of fused-ring (bicyclic) bond motifs is 2. The zero-order valence-electron chi connectivity index (χ0n) is 20.5. The molecule has 38 heavy (non-hydrogen) atoms. The molecule has 0 fully saturated rings. The molecule has 11 heteroatoms. The van der Waals surface area contributed by atoms with Crippen molar-refractivity contribution in [3.8, 4) is 17.6 Å². The summed E-state index contributed by atoms with van der Waals surface area (Å²) in [6.07, 6.45) is 3.30. The maximum atomic E-state index is 13.0. The second-order valence-electron chi connectivity index (χ2n) is 8.30. The van der Waals surface area contributed by atoms with E-state index in [4.69, 9.17) is 9.47 Å². The number of imidazole rings is 1. The zero-order valence-corrected chi connectivity index (χ0v) is 20.5. The van der Waals surface area contributed by atoms with Crippen molar-refractivity contribution < 1.29 is 23.9 Å². The van der Waals surface area contributed by atoms with Crippen LogP contribution in [0.2, 0.25) is 0 Å². The molecule has 0 radical (unpaired) electrons. The van der Waals surface area contributed by atoms with Crippen molar-refractivity contribution in [3.05, 3.63) is 83.8 Å². The number of aromatic nitrogens is 3. The Hall–Kier alpha value is -5.37. The third-order valence-corrected chi connectivity index (χ3v) is 5.81. The predicted octanol–water partition coefficient (Wildman–Crippen LogP) is 2.46. The number of amides is 3. The van der Waals surface area contributed by atoms with E-state index in [1.165, 1.54) is 18.1 Å². The molecule has 3 heterocycles. The van der Waals surface area contributed by atoms with Gasteiger partial charge in [0, 0.05) is 24.5 Å². The number of hydrogen-bond donors (Lipinski definition) is 2. The number of nitrogens with zero attached hydrogens (tertiary/aromatic N) is 4. The number of methoxy groups -OCH3 is 1. The molecule has 0 saturated carbocycles. The summed E-state index contributed by atoms with van der Waals surface area (Å²) in [4.78, 5) is 43.2. The summed E-state index contributed by atoms with van der Waals surface area (Å²) in [5.41, 5.74) is 3.24. The molecule has 2 aromatic heterocycles. The van der Waals surface area contributed by atoms with E-state index < -0.39 is 18.0 Å². The van der Waals surface area contributed by atoms with Gasteiger partial charge in [0.2, 0.25) is 0 Å². The first-order valence-corrected chi connectivity index (χ1v) is 11.5. The molecule has 1 atom stereocenters. The third-order valence-electron chi connectivity index (χ3n) is 5.81. The number of nitrogens with one attached hydrogen (secondary N) is 2. The standard InChI is InChI=1S/C27H22N6O5/c1-32-22-11-9-18(26(35)37-2)14-23(22)38-16-21(25(32)34)31-27(36)30-19-6-3-5-17(13-19)8-10-20-15-28-24-7-4-12-29-33(20)24/h3-7,9,11-15,21H,16H2,1-2H3,(H2,30,31,36)/t21-/m0/s1. The van der Waals surface area contributed by atoms with E-state index in [2.05, 4.69) is 32.6 Å². The minimum atomic E-state index is -0.959. The van der Waals surface area contributed by atoms with Crippen molar-refractivity contribution in [2.24, 2.45) is 0 Å². The molecular formula is C27H22N6O5. The molecule has 0 saturated heterocycles. The Morgan fingerprint density at radius 1 is 1.13 bits per heavy atom. The van der Waals surface area contributed by atoms with Crippen LogP contribution in [-0.4, -0.2) is 59.3 Å². The van der Waals surface area contributed by atoms with Crippen LogP contribution in [0.3, 0.4) is 0 Å². The molecule has 1 aliphatic rings. The Balaban J connectivity index is 1.26. The van der Waals surface area contributed by atoms with E-state index in [9.17, 15) is 14.4 Å². The molecule has 0 aliphatic carbocycles. The van der Waals surface area contributed by atoms with Crippen molar-refractivity contribution >= 4 is 34.9 Å². The van der Waals surface area contributed by atoms with E-state index in [1.54, 1.807) is 60.4 Å². The summed E-state index contributed by atoms with van der Waals surface area (Å²) in [6.45, 7) is -0.118. The van der Waals surface area contributed by atoms with Crippen molar-refractivity contribution in [2.75, 3.05) is 31.0 Å². The summed E-state index contributed by atoms with van der Waals surface area (Å²) in [6, 6.07) is 13.7. The summed E-state index contributed by atoms with van der Waals surface area (Å²) in [5.74, 6) is 5.52. The summed E-state index contributed by atoms with van der Waals surface area (Å²) in [7, 11) is 2.85. The lowest BCUT2D eigenvalue weighted by atomic mass is 10.1. The van der Waals surface area contributed by atoms with Crippen molar-refractivity contribution in [3.63, 3.8) is 0 Å². The van der Waals surface area contributed by atoms with Crippen LogP contribution in [0, 0.1) is 11.8 Å². The molecule has 0 spiro atoms. The van der Waals surface area contributed by atoms with Crippen LogP contribution >= 0.6 is 0 Å². The Morgan fingerprint density at radius 2 is 2.00 bits per heavy atom. The van der Waals surface area contributed by atoms with Crippen LogP contribution in [0.5, 0.6) is 5.75 Å². The molecule has 2 N–H and O–H groups in total. The van der Waals surface area contributed by atoms with Gasteiger partial charge in [-0.2, -0.15) is 5.10 Å². The van der Waals surface area contributed by atoms with Crippen LogP contribution in [0.4, 0.5) is 16.2 Å². The van der Waals surface area contributed by atoms with Crippen molar-refractivity contribution in [2.45, 2.75) is 6.04 Å². The van der Waals surface area contributed by atoms with Gasteiger partial charge in [-0.1, -0.05) is 12.0 Å². The number of ether oxygens (including phenoxy) is 2. The first-order valence-electron chi connectivity index (χ1n) is 11.5. The zero-order chi connectivity index (χ0) is 26.6. The highest BCUT2D eigenvalue weighted by Gasteiger charge is 2.31. The lowest BCUT2D eigenvalue weighted by Gasteiger charge is -2.20. The number of urea groups is 1. The first kappa shape index (κ1) is 24.3. The topological polar surface area (TPSA) is 127 Å². The average Bonchev–Trinajstić information content (AvgIpc) is 3.31. The van der Waals surface area contributed by atoms with Crippen LogP contribution in [0.1, 0.15) is 21.6 Å². The Labute approximate surface area is 217 Å². The van der Waals surface area contributed by atoms with Crippen LogP contribution in [0.25, 0.3) is 5.65 Å². The average molecular weight is 511 g/mol. The van der Waals surface area contributed by atoms with E-state index >= 15 is 0 Å². The molecule has 3 amide bonds. The third kappa shape index (κ3) is 4.96. The fourth-order valence-electron chi connectivity index (χ4n) is 3.90. The minimum absolute atomic E-state index is 0.118. The smallest absolute Gasteiger partial charge is 0.337 e. The van der Waals surface area contributed by atoms with Crippen molar-refractivity contribution in [1.82, 2.24) is 19.9 Å². The molecule has 0 unspecified atom stereocenters. The number of rotatable bonds is 3. The molecule has 190 valence electrons. The predicted molar refractivity (Wildman–Crippen MR) is 138 cm³/mol. The van der Waals surface area contributed by atoms with Gasteiger partial charge in [-0.05, 0) is 54.5 Å². The SMILES string of the molecule is COC(=O)c1ccc2c(c1)OC[C@H](NC(=O)Nc1cccc(C#Cc3cnc4cccnn34)c1)C(=O)N2C. The molecule has 5 rings (SSSR count). The summed E-state index contributed by atoms with van der Waals surface area (Å²) >= 11 is 0. The van der Waals surface area contributed by atoms with Gasteiger partial charge >= 0.3 is 12.0 Å². The Morgan fingerprint density at radius 3 is 2.84 bits per heavy atom. The summed E-state index contributed by atoms with van der Waals surface area (Å²) in [5, 5.41) is 9.61. The van der Waals surface area contributed by atoms with E-state index in [0.717, 1.165) is 0 Å². The Bertz CT molecular complexity index is 1620. The quantitative estimate of drug-likeness (QED) is 0.320. The highest BCUT2D eigenvalue weighted by molar-refractivity contribution is 6.02. The lowest BCUT2D eigenvalue weighted by Crippen LogP contribution is -2.50. The minimum Gasteiger partial charge on any atom is -0.489 e. The van der Waals surface area contributed by atoms with Gasteiger partial charge in [0.05, 0.1) is 24.6 Å².